The molecule has 0 bridgehead atoms. The van der Waals surface area contributed by atoms with Crippen LogP contribution < -0.4 is 0 Å². The third kappa shape index (κ3) is 1.34. The first kappa shape index (κ1) is 9.66. The van der Waals surface area contributed by atoms with Crippen molar-refractivity contribution < 1.29 is 34.3 Å². The van der Waals surface area contributed by atoms with Crippen molar-refractivity contribution in [3.63, 3.8) is 0 Å². The van der Waals surface area contributed by atoms with Crippen molar-refractivity contribution in [3.8, 4) is 0 Å². The number of aliphatic hydroxyl groups excluding tert-OH is 3. The van der Waals surface area contributed by atoms with Crippen LogP contribution in [0.5, 0.6) is 0 Å². The maximum absolute atomic E-state index is 10.7. The number of carbonyl (C=O) groups is 1. The number of hydrogen-bond donors (Lipinski definition) is 3. The van der Waals surface area contributed by atoms with Crippen LogP contribution in [-0.4, -0.2) is 58.8 Å². The van der Waals surface area contributed by atoms with Gasteiger partial charge < -0.3 is 29.5 Å². The minimum Gasteiger partial charge on any atom is -0.424 e. The summed E-state index contributed by atoms with van der Waals surface area (Å²) in [5.41, 5.74) is 0. The van der Waals surface area contributed by atoms with Gasteiger partial charge in [0.25, 0.3) is 0 Å². The Morgan fingerprint density at radius 2 is 1.86 bits per heavy atom. The smallest absolute Gasteiger partial charge is 0.424 e. The van der Waals surface area contributed by atoms with Crippen molar-refractivity contribution in [1.82, 2.24) is 0 Å². The topological polar surface area (TPSA) is 105 Å². The molecule has 0 aliphatic carbocycles. The number of hydrogen-bond acceptors (Lipinski definition) is 7. The van der Waals surface area contributed by atoms with Crippen molar-refractivity contribution in [1.29, 1.82) is 0 Å². The quantitative estimate of drug-likeness (QED) is 0.424. The molecule has 0 aromatic rings. The van der Waals surface area contributed by atoms with Crippen molar-refractivity contribution in [2.45, 2.75) is 30.7 Å². The van der Waals surface area contributed by atoms with E-state index < -0.39 is 43.5 Å². The van der Waals surface area contributed by atoms with Gasteiger partial charge in [-0.05, 0) is 0 Å². The Hall–Kier alpha value is -0.890. The van der Waals surface area contributed by atoms with Crippen molar-refractivity contribution in [2.75, 3.05) is 6.61 Å². The van der Waals surface area contributed by atoms with Crippen LogP contribution in [0.2, 0.25) is 0 Å². The molecule has 7 nitrogen and oxygen atoms in total. The first-order valence-corrected chi connectivity index (χ1v) is 4.13. The molecule has 5 atom stereocenters. The molecule has 2 heterocycles. The van der Waals surface area contributed by atoms with Gasteiger partial charge in [-0.2, -0.15) is 0 Å². The first-order valence-electron chi connectivity index (χ1n) is 4.13. The summed E-state index contributed by atoms with van der Waals surface area (Å²) < 4.78 is 14.0. The first-order chi connectivity index (χ1) is 6.63. The molecule has 3 N–H and O–H groups in total. The maximum Gasteiger partial charge on any atom is 0.509 e. The summed E-state index contributed by atoms with van der Waals surface area (Å²) in [4.78, 5) is 10.7. The van der Waals surface area contributed by atoms with Crippen molar-refractivity contribution in [3.05, 3.63) is 0 Å². The van der Waals surface area contributed by atoms with E-state index in [2.05, 4.69) is 9.47 Å². The Kier molecular flexibility index (Phi) is 2.31. The van der Waals surface area contributed by atoms with Gasteiger partial charge in [-0.1, -0.05) is 0 Å². The molecule has 2 rings (SSSR count). The lowest BCUT2D eigenvalue weighted by Gasteiger charge is -2.35. The molecule has 0 unspecified atom stereocenters. The van der Waals surface area contributed by atoms with E-state index in [1.165, 1.54) is 0 Å². The van der Waals surface area contributed by atoms with Crippen molar-refractivity contribution in [2.24, 2.45) is 0 Å². The summed E-state index contributed by atoms with van der Waals surface area (Å²) in [6, 6.07) is 0. The van der Waals surface area contributed by atoms with E-state index in [1.54, 1.807) is 0 Å². The minimum atomic E-state index is -1.38. The summed E-state index contributed by atoms with van der Waals surface area (Å²) in [7, 11) is 0. The Morgan fingerprint density at radius 3 is 2.50 bits per heavy atom. The van der Waals surface area contributed by atoms with E-state index in [0.29, 0.717) is 0 Å². The summed E-state index contributed by atoms with van der Waals surface area (Å²) in [5, 5.41) is 27.6. The molecule has 2 aliphatic heterocycles. The molecule has 0 aromatic heterocycles. The highest BCUT2D eigenvalue weighted by Crippen LogP contribution is 2.29. The third-order valence-electron chi connectivity index (χ3n) is 2.28. The normalized spacial score (nSPS) is 46.8. The summed E-state index contributed by atoms with van der Waals surface area (Å²) >= 11 is 0. The Balaban J connectivity index is 2.15. The molecule has 0 spiro atoms. The van der Waals surface area contributed by atoms with E-state index in [9.17, 15) is 15.0 Å². The number of rotatable bonds is 1. The third-order valence-corrected chi connectivity index (χ3v) is 2.28. The Morgan fingerprint density at radius 1 is 1.21 bits per heavy atom. The average Bonchev–Trinajstić information content (AvgIpc) is 2.54. The largest absolute Gasteiger partial charge is 0.509 e. The SMILES string of the molecule is O=C1O[C@@H]2[C@@H](O1)[C@H](O)[C@H](CO)O[C@@H]2O. The Bertz CT molecular complexity index is 242. The number of ether oxygens (including phenoxy) is 3. The molecular formula is C7H10O7. The molecule has 0 saturated carbocycles. The summed E-state index contributed by atoms with van der Waals surface area (Å²) in [6.45, 7) is -0.473. The van der Waals surface area contributed by atoms with Gasteiger partial charge in [0.1, 0.15) is 12.2 Å². The molecule has 2 fully saturated rings. The zero-order chi connectivity index (χ0) is 10.3. The second-order valence-electron chi connectivity index (χ2n) is 3.15. The predicted molar refractivity (Wildman–Crippen MR) is 39.1 cm³/mol. The predicted octanol–water partition coefficient (Wildman–Crippen LogP) is -2.04. The molecule has 0 aromatic carbocycles. The van der Waals surface area contributed by atoms with Crippen LogP contribution in [-0.2, 0) is 14.2 Å². The highest BCUT2D eigenvalue weighted by atomic mass is 16.8. The Labute approximate surface area is 78.8 Å². The van der Waals surface area contributed by atoms with Gasteiger partial charge in [0.05, 0.1) is 6.61 Å². The van der Waals surface area contributed by atoms with Gasteiger partial charge in [0.15, 0.2) is 18.5 Å². The maximum atomic E-state index is 10.7. The zero-order valence-corrected chi connectivity index (χ0v) is 7.07. The average molecular weight is 206 g/mol. The summed E-state index contributed by atoms with van der Waals surface area (Å²) in [5.74, 6) is 0. The fourth-order valence-corrected chi connectivity index (χ4v) is 1.57. The molecular weight excluding hydrogens is 196 g/mol. The molecule has 2 saturated heterocycles. The van der Waals surface area contributed by atoms with Crippen molar-refractivity contribution >= 4 is 6.16 Å². The fraction of sp³-hybridized carbons (Fsp3) is 0.857. The monoisotopic (exact) mass is 206 g/mol. The highest BCUT2D eigenvalue weighted by molar-refractivity contribution is 5.62. The van der Waals surface area contributed by atoms with Crippen LogP contribution in [0, 0.1) is 0 Å². The van der Waals surface area contributed by atoms with Gasteiger partial charge in [0, 0.05) is 0 Å². The van der Waals surface area contributed by atoms with E-state index in [1.807, 2.05) is 0 Å². The van der Waals surface area contributed by atoms with Crippen LogP contribution >= 0.6 is 0 Å². The molecule has 7 heteroatoms. The van der Waals surface area contributed by atoms with Crippen LogP contribution in [0.1, 0.15) is 0 Å². The summed E-state index contributed by atoms with van der Waals surface area (Å²) in [6.07, 6.45) is -6.52. The van der Waals surface area contributed by atoms with Gasteiger partial charge in [-0.3, -0.25) is 0 Å². The van der Waals surface area contributed by atoms with Crippen LogP contribution in [0.3, 0.4) is 0 Å². The molecule has 0 amide bonds. The lowest BCUT2D eigenvalue weighted by molar-refractivity contribution is -0.261. The van der Waals surface area contributed by atoms with Gasteiger partial charge in [-0.25, -0.2) is 4.79 Å². The minimum absolute atomic E-state index is 0.473. The van der Waals surface area contributed by atoms with E-state index >= 15 is 0 Å². The lowest BCUT2D eigenvalue weighted by Crippen LogP contribution is -2.57. The van der Waals surface area contributed by atoms with Gasteiger partial charge >= 0.3 is 6.16 Å². The molecule has 80 valence electrons. The second-order valence-corrected chi connectivity index (χ2v) is 3.15. The lowest BCUT2D eigenvalue weighted by atomic mass is 10.00. The van der Waals surface area contributed by atoms with E-state index in [0.717, 1.165) is 0 Å². The second kappa shape index (κ2) is 3.35. The number of fused-ring (bicyclic) bond motifs is 1. The highest BCUT2D eigenvalue weighted by Gasteiger charge is 2.53. The van der Waals surface area contributed by atoms with Crippen LogP contribution in [0.4, 0.5) is 4.79 Å². The van der Waals surface area contributed by atoms with Crippen LogP contribution in [0.15, 0.2) is 0 Å². The zero-order valence-electron chi connectivity index (χ0n) is 7.07. The number of aliphatic hydroxyl groups is 3. The molecule has 2 aliphatic rings. The number of carbonyl (C=O) groups excluding carboxylic acids is 1. The van der Waals surface area contributed by atoms with Gasteiger partial charge in [0.2, 0.25) is 0 Å². The van der Waals surface area contributed by atoms with Crippen LogP contribution in [0.25, 0.3) is 0 Å². The fourth-order valence-electron chi connectivity index (χ4n) is 1.57. The van der Waals surface area contributed by atoms with Gasteiger partial charge in [-0.15, -0.1) is 0 Å². The van der Waals surface area contributed by atoms with E-state index in [4.69, 9.17) is 9.84 Å². The molecule has 0 radical (unpaired) electrons. The molecule has 14 heavy (non-hydrogen) atoms. The van der Waals surface area contributed by atoms with E-state index in [-0.39, 0.29) is 0 Å². The standard InChI is InChI=1S/C7H10O7/c8-1-2-3(9)4-5(6(10)12-2)14-7(11)13-4/h2-6,8-10H,1H2/t2-,3+,4-,5+,6-/m0/s1.